The molecule has 0 unspecified atom stereocenters. The average molecular weight is 536 g/mol. The van der Waals surface area contributed by atoms with Gasteiger partial charge in [0.2, 0.25) is 11.8 Å². The molecular weight excluding hydrogens is 514 g/mol. The van der Waals surface area contributed by atoms with Crippen molar-refractivity contribution >= 4 is 22.2 Å². The van der Waals surface area contributed by atoms with Gasteiger partial charge in [-0.25, -0.2) is 24.6 Å². The molecule has 41 heavy (non-hydrogen) atoms. The van der Waals surface area contributed by atoms with Gasteiger partial charge in [0.05, 0.1) is 23.0 Å². The Kier molecular flexibility index (Phi) is 6.27. The minimum absolute atomic E-state index is 0.517. The molecule has 8 aromatic rings. The summed E-state index contributed by atoms with van der Waals surface area (Å²) in [5.74, 6) is 1.69. The number of benzene rings is 3. The molecule has 5 heterocycles. The van der Waals surface area contributed by atoms with Crippen LogP contribution in [-0.4, -0.2) is 34.7 Å². The van der Waals surface area contributed by atoms with Crippen LogP contribution < -0.4 is 0 Å². The van der Waals surface area contributed by atoms with Crippen LogP contribution in [0.3, 0.4) is 0 Å². The molecule has 0 aliphatic rings. The highest BCUT2D eigenvalue weighted by molar-refractivity contribution is 5.76. The molecule has 0 spiro atoms. The van der Waals surface area contributed by atoms with E-state index in [-0.39, 0.29) is 0 Å². The molecular formula is C32H21N7O2. The van der Waals surface area contributed by atoms with E-state index in [1.165, 1.54) is 0 Å². The summed E-state index contributed by atoms with van der Waals surface area (Å²) in [5.41, 5.74) is 6.57. The van der Waals surface area contributed by atoms with E-state index in [1.54, 1.807) is 24.8 Å². The van der Waals surface area contributed by atoms with E-state index in [1.807, 2.05) is 108 Å². The van der Waals surface area contributed by atoms with Gasteiger partial charge in [-0.1, -0.05) is 48.5 Å². The van der Waals surface area contributed by atoms with E-state index < -0.39 is 0 Å². The zero-order valence-corrected chi connectivity index (χ0v) is 21.6. The van der Waals surface area contributed by atoms with E-state index >= 15 is 0 Å². The van der Waals surface area contributed by atoms with Gasteiger partial charge in [-0.2, -0.15) is 5.10 Å². The first kappa shape index (κ1) is 24.1. The number of pyridine rings is 1. The fourth-order valence-corrected chi connectivity index (χ4v) is 4.21. The average Bonchev–Trinajstić information content (AvgIpc) is 3.81. The second kappa shape index (κ2) is 10.7. The van der Waals surface area contributed by atoms with E-state index in [0.717, 1.165) is 44.7 Å². The number of para-hydroxylation sites is 5. The van der Waals surface area contributed by atoms with Crippen molar-refractivity contribution in [1.82, 2.24) is 34.7 Å². The molecule has 0 N–H and O–H groups in total. The molecule has 3 aromatic carbocycles. The summed E-state index contributed by atoms with van der Waals surface area (Å²) in [6.07, 6.45) is 8.79. The molecule has 8 rings (SSSR count). The van der Waals surface area contributed by atoms with Crippen molar-refractivity contribution in [2.75, 3.05) is 0 Å². The Morgan fingerprint density at radius 1 is 0.537 bits per heavy atom. The lowest BCUT2D eigenvalue weighted by atomic mass is 10.3. The van der Waals surface area contributed by atoms with Gasteiger partial charge in [0.1, 0.15) is 16.7 Å². The topological polar surface area (TPSA) is 109 Å². The molecule has 0 radical (unpaired) electrons. The highest BCUT2D eigenvalue weighted by Crippen LogP contribution is 2.25. The maximum atomic E-state index is 5.74. The maximum absolute atomic E-state index is 5.74. The second-order valence-electron chi connectivity index (χ2n) is 8.99. The van der Waals surface area contributed by atoms with Crippen molar-refractivity contribution in [3.8, 4) is 40.1 Å². The number of fused-ring (bicyclic) bond motifs is 2. The third-order valence-corrected chi connectivity index (χ3v) is 6.23. The Morgan fingerprint density at radius 3 is 1.78 bits per heavy atom. The van der Waals surface area contributed by atoms with E-state index in [0.29, 0.717) is 17.6 Å². The summed E-state index contributed by atoms with van der Waals surface area (Å²) >= 11 is 0. The smallest absolute Gasteiger partial charge is 0.230 e. The molecule has 0 aliphatic carbocycles. The first-order chi connectivity index (χ1) is 20.3. The first-order valence-electron chi connectivity index (χ1n) is 12.9. The Morgan fingerprint density at radius 2 is 1.15 bits per heavy atom. The van der Waals surface area contributed by atoms with Gasteiger partial charge >= 0.3 is 0 Å². The fourth-order valence-electron chi connectivity index (χ4n) is 4.21. The molecule has 0 saturated heterocycles. The maximum Gasteiger partial charge on any atom is 0.230 e. The van der Waals surface area contributed by atoms with Gasteiger partial charge in [0, 0.05) is 24.8 Å². The predicted molar refractivity (Wildman–Crippen MR) is 155 cm³/mol. The number of hydrogen-bond acceptors (Lipinski definition) is 8. The van der Waals surface area contributed by atoms with Crippen LogP contribution in [0.2, 0.25) is 0 Å². The second-order valence-corrected chi connectivity index (χ2v) is 8.99. The molecule has 196 valence electrons. The standard InChI is InChI=1S/C16H10N4O.C16H11N3O/c1-2-7-14-12(5-1)20-16(21-14)11-9-18-15(19-10-11)13-6-3-4-8-17-13;1-2-6-13(7-3-1)19-11-12(10-17-19)16-18-14-8-4-5-9-15(14)20-16/h1-10H;1-11H. The number of oxazole rings is 2. The van der Waals surface area contributed by atoms with Crippen LogP contribution >= 0.6 is 0 Å². The molecule has 0 atom stereocenters. The number of hydrogen-bond donors (Lipinski definition) is 0. The van der Waals surface area contributed by atoms with E-state index in [2.05, 4.69) is 30.0 Å². The summed E-state index contributed by atoms with van der Waals surface area (Å²) in [7, 11) is 0. The third kappa shape index (κ3) is 5.07. The third-order valence-electron chi connectivity index (χ3n) is 6.23. The molecule has 9 heteroatoms. The summed E-state index contributed by atoms with van der Waals surface area (Å²) < 4.78 is 13.2. The van der Waals surface area contributed by atoms with Crippen LogP contribution in [0.4, 0.5) is 0 Å². The van der Waals surface area contributed by atoms with Crippen molar-refractivity contribution in [3.05, 3.63) is 128 Å². The molecule has 0 aliphatic heterocycles. The lowest BCUT2D eigenvalue weighted by molar-refractivity contribution is 0.619. The lowest BCUT2D eigenvalue weighted by Gasteiger charge is -1.99. The molecule has 0 bridgehead atoms. The van der Waals surface area contributed by atoms with Crippen molar-refractivity contribution in [3.63, 3.8) is 0 Å². The monoisotopic (exact) mass is 535 g/mol. The van der Waals surface area contributed by atoms with Gasteiger partial charge < -0.3 is 8.83 Å². The highest BCUT2D eigenvalue weighted by Gasteiger charge is 2.11. The Bertz CT molecular complexity index is 1980. The highest BCUT2D eigenvalue weighted by atomic mass is 16.4. The van der Waals surface area contributed by atoms with Crippen LogP contribution in [0.25, 0.3) is 62.3 Å². The quantitative estimate of drug-likeness (QED) is 0.236. The van der Waals surface area contributed by atoms with Gasteiger partial charge in [-0.3, -0.25) is 4.98 Å². The van der Waals surface area contributed by atoms with Crippen LogP contribution in [0, 0.1) is 0 Å². The predicted octanol–water partition coefficient (Wildman–Crippen LogP) is 7.03. The van der Waals surface area contributed by atoms with Crippen molar-refractivity contribution in [2.45, 2.75) is 0 Å². The molecule has 0 amide bonds. The molecule has 0 fully saturated rings. The van der Waals surface area contributed by atoms with Gasteiger partial charge in [0.15, 0.2) is 17.0 Å². The summed E-state index contributed by atoms with van der Waals surface area (Å²) in [4.78, 5) is 21.8. The van der Waals surface area contributed by atoms with Crippen LogP contribution in [0.5, 0.6) is 0 Å². The largest absolute Gasteiger partial charge is 0.436 e. The normalized spacial score (nSPS) is 10.9. The zero-order chi connectivity index (χ0) is 27.4. The van der Waals surface area contributed by atoms with Crippen LogP contribution in [0.1, 0.15) is 0 Å². The number of rotatable bonds is 4. The molecule has 9 nitrogen and oxygen atoms in total. The minimum Gasteiger partial charge on any atom is -0.436 e. The van der Waals surface area contributed by atoms with Crippen molar-refractivity contribution < 1.29 is 8.83 Å². The fraction of sp³-hybridized carbons (Fsp3) is 0. The Balaban J connectivity index is 0.000000135. The van der Waals surface area contributed by atoms with Crippen molar-refractivity contribution in [2.24, 2.45) is 0 Å². The van der Waals surface area contributed by atoms with Gasteiger partial charge in [-0.15, -0.1) is 0 Å². The summed E-state index contributed by atoms with van der Waals surface area (Å²) in [6.45, 7) is 0. The Labute approximate surface area is 233 Å². The van der Waals surface area contributed by atoms with Gasteiger partial charge in [0.25, 0.3) is 0 Å². The van der Waals surface area contributed by atoms with Crippen LogP contribution in [-0.2, 0) is 0 Å². The zero-order valence-electron chi connectivity index (χ0n) is 21.6. The number of aromatic nitrogens is 7. The lowest BCUT2D eigenvalue weighted by Crippen LogP contribution is -1.92. The SMILES string of the molecule is c1ccc(-c2ncc(-c3nc4ccccc4o3)cn2)nc1.c1ccc(-n2cc(-c3nc4ccccc4o3)cn2)cc1. The van der Waals surface area contributed by atoms with E-state index in [4.69, 9.17) is 8.83 Å². The molecule has 0 saturated carbocycles. The van der Waals surface area contributed by atoms with Crippen molar-refractivity contribution in [1.29, 1.82) is 0 Å². The van der Waals surface area contributed by atoms with E-state index in [9.17, 15) is 0 Å². The number of nitrogens with zero attached hydrogens (tertiary/aromatic N) is 7. The Hall–Kier alpha value is -5.96. The summed E-state index contributed by atoms with van der Waals surface area (Å²) in [6, 6.07) is 30.9. The van der Waals surface area contributed by atoms with Gasteiger partial charge in [-0.05, 0) is 48.5 Å². The molecule has 5 aromatic heterocycles. The summed E-state index contributed by atoms with van der Waals surface area (Å²) in [5, 5.41) is 4.35. The first-order valence-corrected chi connectivity index (χ1v) is 12.9. The minimum atomic E-state index is 0.517. The van der Waals surface area contributed by atoms with Crippen LogP contribution in [0.15, 0.2) is 137 Å².